The third-order valence-electron chi connectivity index (χ3n) is 2.75. The van der Waals surface area contributed by atoms with E-state index in [2.05, 4.69) is 4.98 Å². The number of hydrogen-bond donors (Lipinski definition) is 1. The lowest BCUT2D eigenvalue weighted by Gasteiger charge is -2.30. The molecule has 1 amide bonds. The second-order valence-electron chi connectivity index (χ2n) is 5.48. The van der Waals surface area contributed by atoms with Gasteiger partial charge in [-0.25, -0.2) is 4.79 Å². The summed E-state index contributed by atoms with van der Waals surface area (Å²) in [7, 11) is 0. The van der Waals surface area contributed by atoms with Crippen molar-refractivity contribution < 1.29 is 9.53 Å². The third kappa shape index (κ3) is 2.91. The SMILES string of the molecule is CC(C)(C)OC(=O)N1CCc2ccc(=O)[nH]c2C1. The molecule has 0 fully saturated rings. The minimum atomic E-state index is -0.499. The van der Waals surface area contributed by atoms with Crippen LogP contribution in [0.5, 0.6) is 0 Å². The van der Waals surface area contributed by atoms with E-state index in [4.69, 9.17) is 4.74 Å². The molecular formula is C13H18N2O3. The normalized spacial score (nSPS) is 15.2. The molecule has 0 saturated heterocycles. The van der Waals surface area contributed by atoms with Gasteiger partial charge in [-0.2, -0.15) is 0 Å². The first-order chi connectivity index (χ1) is 8.35. The summed E-state index contributed by atoms with van der Waals surface area (Å²) in [5.74, 6) is 0. The standard InChI is InChI=1S/C13H18N2O3/c1-13(2,3)18-12(17)15-7-6-9-4-5-11(16)14-10(9)8-15/h4-5H,6-8H2,1-3H3,(H,14,16). The van der Waals surface area contributed by atoms with Crippen molar-refractivity contribution in [1.29, 1.82) is 0 Å². The molecule has 0 bridgehead atoms. The van der Waals surface area contributed by atoms with Gasteiger partial charge >= 0.3 is 6.09 Å². The largest absolute Gasteiger partial charge is 0.444 e. The van der Waals surface area contributed by atoms with Crippen LogP contribution >= 0.6 is 0 Å². The van der Waals surface area contributed by atoms with Crippen LogP contribution in [0.15, 0.2) is 16.9 Å². The zero-order chi connectivity index (χ0) is 13.3. The van der Waals surface area contributed by atoms with E-state index in [1.807, 2.05) is 26.8 Å². The number of nitrogens with zero attached hydrogens (tertiary/aromatic N) is 1. The second-order valence-corrected chi connectivity index (χ2v) is 5.48. The molecule has 1 N–H and O–H groups in total. The lowest BCUT2D eigenvalue weighted by atomic mass is 10.1. The van der Waals surface area contributed by atoms with Crippen molar-refractivity contribution >= 4 is 6.09 Å². The molecule has 18 heavy (non-hydrogen) atoms. The van der Waals surface area contributed by atoms with Gasteiger partial charge in [-0.1, -0.05) is 6.07 Å². The quantitative estimate of drug-likeness (QED) is 0.761. The smallest absolute Gasteiger partial charge is 0.410 e. The Balaban J connectivity index is 2.12. The van der Waals surface area contributed by atoms with Crippen molar-refractivity contribution in [3.63, 3.8) is 0 Å². The predicted octanol–water partition coefficient (Wildman–Crippen LogP) is 1.67. The maximum absolute atomic E-state index is 11.9. The first-order valence-corrected chi connectivity index (χ1v) is 6.04. The third-order valence-corrected chi connectivity index (χ3v) is 2.75. The van der Waals surface area contributed by atoms with Gasteiger partial charge in [-0.15, -0.1) is 0 Å². The monoisotopic (exact) mass is 250 g/mol. The molecule has 0 aromatic carbocycles. The Bertz CT molecular complexity index is 514. The Morgan fingerprint density at radius 2 is 2.11 bits per heavy atom. The highest BCUT2D eigenvalue weighted by molar-refractivity contribution is 5.68. The van der Waals surface area contributed by atoms with Crippen LogP contribution in [-0.2, 0) is 17.7 Å². The average molecular weight is 250 g/mol. The highest BCUT2D eigenvalue weighted by Crippen LogP contribution is 2.18. The van der Waals surface area contributed by atoms with E-state index in [1.54, 1.807) is 4.90 Å². The Hall–Kier alpha value is -1.78. The van der Waals surface area contributed by atoms with Crippen molar-refractivity contribution in [2.24, 2.45) is 0 Å². The van der Waals surface area contributed by atoms with E-state index in [9.17, 15) is 9.59 Å². The molecule has 5 heteroatoms. The summed E-state index contributed by atoms with van der Waals surface area (Å²) in [5.41, 5.74) is 1.26. The van der Waals surface area contributed by atoms with E-state index < -0.39 is 5.60 Å². The van der Waals surface area contributed by atoms with Crippen molar-refractivity contribution in [1.82, 2.24) is 9.88 Å². The van der Waals surface area contributed by atoms with E-state index in [0.29, 0.717) is 13.1 Å². The number of aromatic nitrogens is 1. The topological polar surface area (TPSA) is 62.4 Å². The summed E-state index contributed by atoms with van der Waals surface area (Å²) in [6.45, 7) is 6.54. The number of rotatable bonds is 0. The summed E-state index contributed by atoms with van der Waals surface area (Å²) in [4.78, 5) is 27.6. The first-order valence-electron chi connectivity index (χ1n) is 6.04. The molecule has 0 atom stereocenters. The number of carbonyl (C=O) groups excluding carboxylic acids is 1. The molecule has 0 aliphatic carbocycles. The molecule has 0 unspecified atom stereocenters. The Morgan fingerprint density at radius 1 is 1.39 bits per heavy atom. The van der Waals surface area contributed by atoms with Crippen molar-refractivity contribution in [3.8, 4) is 0 Å². The fourth-order valence-corrected chi connectivity index (χ4v) is 1.93. The lowest BCUT2D eigenvalue weighted by Crippen LogP contribution is -2.40. The highest BCUT2D eigenvalue weighted by Gasteiger charge is 2.25. The van der Waals surface area contributed by atoms with Crippen molar-refractivity contribution in [2.75, 3.05) is 6.54 Å². The first kappa shape index (κ1) is 12.7. The molecule has 0 saturated carbocycles. The highest BCUT2D eigenvalue weighted by atomic mass is 16.6. The number of nitrogens with one attached hydrogen (secondary N) is 1. The van der Waals surface area contributed by atoms with Crippen molar-refractivity contribution in [2.45, 2.75) is 39.3 Å². The van der Waals surface area contributed by atoms with Gasteiger partial charge in [0.05, 0.1) is 6.54 Å². The summed E-state index contributed by atoms with van der Waals surface area (Å²) >= 11 is 0. The number of ether oxygens (including phenoxy) is 1. The minimum absolute atomic E-state index is 0.139. The number of fused-ring (bicyclic) bond motifs is 1. The van der Waals surface area contributed by atoms with Crippen LogP contribution in [0.25, 0.3) is 0 Å². The van der Waals surface area contributed by atoms with Gasteiger partial charge < -0.3 is 14.6 Å². The Morgan fingerprint density at radius 3 is 2.78 bits per heavy atom. The van der Waals surface area contributed by atoms with Crippen LogP contribution in [0.4, 0.5) is 4.79 Å². The molecule has 5 nitrogen and oxygen atoms in total. The van der Waals surface area contributed by atoms with Gasteiger partial charge in [0.25, 0.3) is 0 Å². The van der Waals surface area contributed by atoms with Crippen LogP contribution in [0.3, 0.4) is 0 Å². The van der Waals surface area contributed by atoms with Gasteiger partial charge in [-0.05, 0) is 32.8 Å². The van der Waals surface area contributed by atoms with Gasteiger partial charge in [0, 0.05) is 18.3 Å². The van der Waals surface area contributed by atoms with Gasteiger partial charge in [-0.3, -0.25) is 4.79 Å². The fraction of sp³-hybridized carbons (Fsp3) is 0.538. The number of hydrogen-bond acceptors (Lipinski definition) is 3. The zero-order valence-corrected chi connectivity index (χ0v) is 10.9. The predicted molar refractivity (Wildman–Crippen MR) is 67.4 cm³/mol. The van der Waals surface area contributed by atoms with E-state index in [0.717, 1.165) is 17.7 Å². The summed E-state index contributed by atoms with van der Waals surface area (Å²) in [5, 5.41) is 0. The van der Waals surface area contributed by atoms with E-state index in [1.165, 1.54) is 6.07 Å². The maximum atomic E-state index is 11.9. The summed E-state index contributed by atoms with van der Waals surface area (Å²) in [6.07, 6.45) is 0.406. The average Bonchev–Trinajstić information content (AvgIpc) is 2.25. The number of H-pyrrole nitrogens is 1. The molecule has 1 aromatic heterocycles. The van der Waals surface area contributed by atoms with Crippen LogP contribution in [0.2, 0.25) is 0 Å². The molecule has 0 spiro atoms. The van der Waals surface area contributed by atoms with Crippen LogP contribution in [0, 0.1) is 0 Å². The molecule has 1 aliphatic heterocycles. The number of aromatic amines is 1. The minimum Gasteiger partial charge on any atom is -0.444 e. The lowest BCUT2D eigenvalue weighted by molar-refractivity contribution is 0.0221. The second kappa shape index (κ2) is 4.48. The number of carbonyl (C=O) groups is 1. The Labute approximate surface area is 106 Å². The number of amides is 1. The van der Waals surface area contributed by atoms with E-state index >= 15 is 0 Å². The summed E-state index contributed by atoms with van der Waals surface area (Å²) < 4.78 is 5.32. The molecule has 98 valence electrons. The van der Waals surface area contributed by atoms with E-state index in [-0.39, 0.29) is 11.7 Å². The molecule has 2 rings (SSSR count). The molecular weight excluding hydrogens is 232 g/mol. The van der Waals surface area contributed by atoms with Crippen LogP contribution in [0.1, 0.15) is 32.0 Å². The maximum Gasteiger partial charge on any atom is 0.410 e. The molecule has 1 aromatic rings. The van der Waals surface area contributed by atoms with Gasteiger partial charge in [0.2, 0.25) is 5.56 Å². The van der Waals surface area contributed by atoms with Crippen molar-refractivity contribution in [3.05, 3.63) is 33.7 Å². The molecule has 1 aliphatic rings. The molecule has 0 radical (unpaired) electrons. The molecule has 2 heterocycles. The van der Waals surface area contributed by atoms with Gasteiger partial charge in [0.15, 0.2) is 0 Å². The summed E-state index contributed by atoms with van der Waals surface area (Å²) in [6, 6.07) is 3.34. The zero-order valence-electron chi connectivity index (χ0n) is 10.9. The Kier molecular flexibility index (Phi) is 3.15. The van der Waals surface area contributed by atoms with Crippen LogP contribution < -0.4 is 5.56 Å². The van der Waals surface area contributed by atoms with Crippen LogP contribution in [-0.4, -0.2) is 28.1 Å². The van der Waals surface area contributed by atoms with Gasteiger partial charge in [0.1, 0.15) is 5.60 Å². The number of pyridine rings is 1. The fourth-order valence-electron chi connectivity index (χ4n) is 1.93.